The third-order valence-corrected chi connectivity index (χ3v) is 6.06. The number of aromatic nitrogens is 4. The first-order valence-electron chi connectivity index (χ1n) is 10.8. The summed E-state index contributed by atoms with van der Waals surface area (Å²) in [5.41, 5.74) is 2.22. The summed E-state index contributed by atoms with van der Waals surface area (Å²) < 4.78 is 13.3. The second kappa shape index (κ2) is 8.88. The van der Waals surface area contributed by atoms with Crippen molar-refractivity contribution < 1.29 is 19.7 Å². The zero-order valence-corrected chi connectivity index (χ0v) is 17.2. The van der Waals surface area contributed by atoms with Crippen LogP contribution in [-0.4, -0.2) is 60.7 Å². The fourth-order valence-corrected chi connectivity index (χ4v) is 4.37. The number of nitrogens with one attached hydrogen (secondary N) is 1. The Labute approximate surface area is 180 Å². The van der Waals surface area contributed by atoms with Gasteiger partial charge in [0.1, 0.15) is 24.6 Å². The van der Waals surface area contributed by atoms with Gasteiger partial charge in [0, 0.05) is 6.04 Å². The first-order chi connectivity index (χ1) is 15.2. The first kappa shape index (κ1) is 20.3. The molecule has 1 aromatic carbocycles. The molecular formula is C22H27N5O4. The maximum Gasteiger partial charge on any atom is 0.167 e. The third kappa shape index (κ3) is 4.14. The average molecular weight is 425 g/mol. The minimum absolute atomic E-state index is 0.166. The van der Waals surface area contributed by atoms with Gasteiger partial charge in [0.05, 0.1) is 19.5 Å². The van der Waals surface area contributed by atoms with Gasteiger partial charge >= 0.3 is 0 Å². The Kier molecular flexibility index (Phi) is 5.82. The van der Waals surface area contributed by atoms with E-state index in [2.05, 4.69) is 20.3 Å². The number of rotatable bonds is 7. The summed E-state index contributed by atoms with van der Waals surface area (Å²) in [7, 11) is 0. The molecule has 1 aliphatic heterocycles. The number of fused-ring (bicyclic) bond motifs is 1. The standard InChI is InChI=1S/C22H27N5O4/c28-18-16(11-30-10-14-6-2-1-3-7-14)31-22(19(18)29)27-13-25-17-20(23-12-24-21(17)27)26-15-8-4-5-9-15/h1-3,6-7,12-13,15-16,18-19,22,28-29H,4-5,8-11H2,(H,23,24,26)/t16-,18?,19?,22-/m1/s1. The highest BCUT2D eigenvalue weighted by molar-refractivity contribution is 5.82. The molecule has 2 aromatic heterocycles. The molecule has 2 fully saturated rings. The summed E-state index contributed by atoms with van der Waals surface area (Å²) in [5, 5.41) is 24.6. The van der Waals surface area contributed by atoms with Crippen molar-refractivity contribution in [1.82, 2.24) is 19.5 Å². The molecule has 2 unspecified atom stereocenters. The van der Waals surface area contributed by atoms with Gasteiger partial charge in [-0.2, -0.15) is 0 Å². The fraction of sp³-hybridized carbons (Fsp3) is 0.500. The molecule has 0 radical (unpaired) electrons. The lowest BCUT2D eigenvalue weighted by atomic mass is 10.1. The highest BCUT2D eigenvalue weighted by Gasteiger charge is 2.44. The highest BCUT2D eigenvalue weighted by atomic mass is 16.6. The van der Waals surface area contributed by atoms with Gasteiger partial charge in [-0.25, -0.2) is 15.0 Å². The van der Waals surface area contributed by atoms with Crippen LogP contribution in [0, 0.1) is 0 Å². The van der Waals surface area contributed by atoms with Crippen molar-refractivity contribution in [3.05, 3.63) is 48.5 Å². The van der Waals surface area contributed by atoms with Crippen LogP contribution in [0.4, 0.5) is 5.82 Å². The van der Waals surface area contributed by atoms with Gasteiger partial charge < -0.3 is 25.0 Å². The number of hydrogen-bond acceptors (Lipinski definition) is 8. The van der Waals surface area contributed by atoms with Gasteiger partial charge in [-0.1, -0.05) is 43.2 Å². The molecule has 9 heteroatoms. The van der Waals surface area contributed by atoms with Crippen molar-refractivity contribution in [3.63, 3.8) is 0 Å². The van der Waals surface area contributed by atoms with Crippen molar-refractivity contribution in [2.45, 2.75) is 62.9 Å². The molecule has 31 heavy (non-hydrogen) atoms. The average Bonchev–Trinajstić information content (AvgIpc) is 3.51. The number of anilines is 1. The predicted octanol–water partition coefficient (Wildman–Crippen LogP) is 2.02. The van der Waals surface area contributed by atoms with Crippen LogP contribution in [0.25, 0.3) is 11.2 Å². The maximum atomic E-state index is 10.6. The summed E-state index contributed by atoms with van der Waals surface area (Å²) in [6, 6.07) is 10.2. The van der Waals surface area contributed by atoms with Crippen LogP contribution < -0.4 is 5.32 Å². The molecule has 3 N–H and O–H groups in total. The second-order valence-corrected chi connectivity index (χ2v) is 8.22. The normalized spacial score (nSPS) is 26.6. The van der Waals surface area contributed by atoms with Crippen molar-refractivity contribution in [2.24, 2.45) is 0 Å². The van der Waals surface area contributed by atoms with Crippen LogP contribution in [0.1, 0.15) is 37.5 Å². The third-order valence-electron chi connectivity index (χ3n) is 6.06. The van der Waals surface area contributed by atoms with Crippen LogP contribution in [0.3, 0.4) is 0 Å². The fourth-order valence-electron chi connectivity index (χ4n) is 4.37. The molecule has 4 atom stereocenters. The minimum Gasteiger partial charge on any atom is -0.387 e. The van der Waals surface area contributed by atoms with E-state index in [-0.39, 0.29) is 6.61 Å². The number of ether oxygens (including phenoxy) is 2. The SMILES string of the molecule is OC1C(O)[C@@H](COCc2ccccc2)O[C@H]1n1cnc2c(NC3CCCC3)ncnc21. The number of nitrogens with zero attached hydrogens (tertiary/aromatic N) is 4. The van der Waals surface area contributed by atoms with Gasteiger partial charge in [0.2, 0.25) is 0 Å². The van der Waals surface area contributed by atoms with Gasteiger partial charge in [0.15, 0.2) is 23.2 Å². The molecule has 1 aliphatic carbocycles. The lowest BCUT2D eigenvalue weighted by Gasteiger charge is -2.17. The molecule has 0 bridgehead atoms. The largest absolute Gasteiger partial charge is 0.387 e. The summed E-state index contributed by atoms with van der Waals surface area (Å²) in [6.45, 7) is 0.575. The summed E-state index contributed by atoms with van der Waals surface area (Å²) in [4.78, 5) is 13.2. The van der Waals surface area contributed by atoms with Crippen molar-refractivity contribution in [1.29, 1.82) is 0 Å². The molecule has 9 nitrogen and oxygen atoms in total. The van der Waals surface area contributed by atoms with E-state index in [1.807, 2.05) is 30.3 Å². The van der Waals surface area contributed by atoms with Gasteiger partial charge in [-0.3, -0.25) is 4.57 Å². The Morgan fingerprint density at radius 1 is 1.06 bits per heavy atom. The lowest BCUT2D eigenvalue weighted by molar-refractivity contribution is -0.0682. The maximum absolute atomic E-state index is 10.6. The van der Waals surface area contributed by atoms with E-state index in [4.69, 9.17) is 9.47 Å². The van der Waals surface area contributed by atoms with E-state index in [1.54, 1.807) is 10.9 Å². The van der Waals surface area contributed by atoms with E-state index in [1.165, 1.54) is 19.2 Å². The van der Waals surface area contributed by atoms with Crippen LogP contribution in [0.15, 0.2) is 43.0 Å². The molecule has 0 amide bonds. The number of imidazole rings is 1. The molecule has 164 valence electrons. The van der Waals surface area contributed by atoms with Crippen LogP contribution in [0.5, 0.6) is 0 Å². The molecule has 3 heterocycles. The molecular weight excluding hydrogens is 398 g/mol. The van der Waals surface area contributed by atoms with Crippen LogP contribution in [-0.2, 0) is 16.1 Å². The Morgan fingerprint density at radius 2 is 1.87 bits per heavy atom. The van der Waals surface area contributed by atoms with Gasteiger partial charge in [-0.05, 0) is 18.4 Å². The minimum atomic E-state index is -1.12. The van der Waals surface area contributed by atoms with Gasteiger partial charge in [-0.15, -0.1) is 0 Å². The summed E-state index contributed by atoms with van der Waals surface area (Å²) in [6.07, 6.45) is 4.07. The molecule has 5 rings (SSSR count). The highest BCUT2D eigenvalue weighted by Crippen LogP contribution is 2.33. The quantitative estimate of drug-likeness (QED) is 0.527. The van der Waals surface area contributed by atoms with E-state index in [9.17, 15) is 10.2 Å². The van der Waals surface area contributed by atoms with Crippen molar-refractivity contribution >= 4 is 17.0 Å². The van der Waals surface area contributed by atoms with E-state index in [0.29, 0.717) is 29.6 Å². The molecule has 0 spiro atoms. The predicted molar refractivity (Wildman–Crippen MR) is 113 cm³/mol. The van der Waals surface area contributed by atoms with E-state index in [0.717, 1.165) is 18.4 Å². The number of benzene rings is 1. The number of hydrogen-bond donors (Lipinski definition) is 3. The van der Waals surface area contributed by atoms with Crippen LogP contribution in [0.2, 0.25) is 0 Å². The number of aliphatic hydroxyl groups is 2. The first-order valence-corrected chi connectivity index (χ1v) is 10.8. The topological polar surface area (TPSA) is 115 Å². The lowest BCUT2D eigenvalue weighted by Crippen LogP contribution is -2.33. The zero-order chi connectivity index (χ0) is 21.2. The van der Waals surface area contributed by atoms with Crippen molar-refractivity contribution in [3.8, 4) is 0 Å². The Balaban J connectivity index is 1.29. The second-order valence-electron chi connectivity index (χ2n) is 8.22. The van der Waals surface area contributed by atoms with Crippen molar-refractivity contribution in [2.75, 3.05) is 11.9 Å². The van der Waals surface area contributed by atoms with Gasteiger partial charge in [0.25, 0.3) is 0 Å². The number of aliphatic hydroxyl groups excluding tert-OH is 2. The van der Waals surface area contributed by atoms with E-state index >= 15 is 0 Å². The van der Waals surface area contributed by atoms with Crippen LogP contribution >= 0.6 is 0 Å². The zero-order valence-electron chi connectivity index (χ0n) is 17.2. The molecule has 1 saturated heterocycles. The Bertz CT molecular complexity index is 1010. The smallest absolute Gasteiger partial charge is 0.167 e. The molecule has 2 aliphatic rings. The Morgan fingerprint density at radius 3 is 2.68 bits per heavy atom. The Hall–Kier alpha value is -2.59. The summed E-state index contributed by atoms with van der Waals surface area (Å²) in [5.74, 6) is 0.687. The summed E-state index contributed by atoms with van der Waals surface area (Å²) >= 11 is 0. The van der Waals surface area contributed by atoms with E-state index < -0.39 is 24.5 Å². The monoisotopic (exact) mass is 425 g/mol. The molecule has 1 saturated carbocycles. The molecule has 3 aromatic rings.